The zero-order chi connectivity index (χ0) is 13.2. The Bertz CT molecular complexity index is 477. The minimum Gasteiger partial charge on any atom is -0.322 e. The van der Waals surface area contributed by atoms with Crippen molar-refractivity contribution in [3.63, 3.8) is 0 Å². The fourth-order valence-corrected chi connectivity index (χ4v) is 3.48. The van der Waals surface area contributed by atoms with Gasteiger partial charge in [0.15, 0.2) is 0 Å². The van der Waals surface area contributed by atoms with E-state index in [1.54, 1.807) is 18.2 Å². The minimum atomic E-state index is -0.393. The van der Waals surface area contributed by atoms with Crippen LogP contribution in [0.2, 0.25) is 0 Å². The molecule has 3 atom stereocenters. The molecule has 0 radical (unpaired) electrons. The Morgan fingerprint density at radius 1 is 1.26 bits per heavy atom. The van der Waals surface area contributed by atoms with Gasteiger partial charge in [0.1, 0.15) is 5.82 Å². The molecule has 2 fully saturated rings. The third-order valence-corrected chi connectivity index (χ3v) is 4.41. The Morgan fingerprint density at radius 2 is 2.11 bits per heavy atom. The molecule has 1 aromatic rings. The number of carbonyl (C=O) groups is 1. The summed E-state index contributed by atoms with van der Waals surface area (Å²) >= 11 is 0. The van der Waals surface area contributed by atoms with Gasteiger partial charge in [-0.15, -0.1) is 0 Å². The quantitative estimate of drug-likeness (QED) is 0.875. The Labute approximate surface area is 112 Å². The summed E-state index contributed by atoms with van der Waals surface area (Å²) in [5.41, 5.74) is 0.252. The lowest BCUT2D eigenvalue weighted by Gasteiger charge is -2.22. The van der Waals surface area contributed by atoms with Crippen molar-refractivity contribution in [2.24, 2.45) is 11.8 Å². The van der Waals surface area contributed by atoms with E-state index in [0.29, 0.717) is 6.04 Å². The zero-order valence-corrected chi connectivity index (χ0v) is 10.9. The molecule has 0 saturated heterocycles. The Kier molecular flexibility index (Phi) is 3.51. The van der Waals surface area contributed by atoms with Gasteiger partial charge in [0.2, 0.25) is 5.91 Å². The van der Waals surface area contributed by atoms with Gasteiger partial charge in [-0.2, -0.15) is 0 Å². The van der Waals surface area contributed by atoms with Crippen LogP contribution in [0.15, 0.2) is 24.3 Å². The molecule has 2 aliphatic carbocycles. The fraction of sp³-hybridized carbons (Fsp3) is 0.533. The molecule has 4 heteroatoms. The summed E-state index contributed by atoms with van der Waals surface area (Å²) in [5, 5.41) is 5.92. The van der Waals surface area contributed by atoms with E-state index in [-0.39, 0.29) is 18.1 Å². The van der Waals surface area contributed by atoms with E-state index >= 15 is 0 Å². The van der Waals surface area contributed by atoms with Gasteiger partial charge in [-0.3, -0.25) is 4.79 Å². The molecular formula is C15H19FN2O. The van der Waals surface area contributed by atoms with Crippen LogP contribution in [0.5, 0.6) is 0 Å². The van der Waals surface area contributed by atoms with Crippen molar-refractivity contribution < 1.29 is 9.18 Å². The van der Waals surface area contributed by atoms with Crippen LogP contribution < -0.4 is 10.6 Å². The summed E-state index contributed by atoms with van der Waals surface area (Å²) in [5.74, 6) is 1.03. The summed E-state index contributed by atoms with van der Waals surface area (Å²) in [6.07, 6.45) is 5.14. The molecule has 2 N–H and O–H groups in total. The molecule has 0 spiro atoms. The second kappa shape index (κ2) is 5.29. The number of benzene rings is 1. The van der Waals surface area contributed by atoms with Gasteiger partial charge in [0.25, 0.3) is 0 Å². The predicted molar refractivity (Wildman–Crippen MR) is 72.3 cm³/mol. The second-order valence-electron chi connectivity index (χ2n) is 5.69. The first-order valence-electron chi connectivity index (χ1n) is 7.00. The summed E-state index contributed by atoms with van der Waals surface area (Å²) in [7, 11) is 0. The molecule has 3 nitrogen and oxygen atoms in total. The molecule has 102 valence electrons. The van der Waals surface area contributed by atoms with Crippen LogP contribution in [-0.2, 0) is 4.79 Å². The monoisotopic (exact) mass is 262 g/mol. The van der Waals surface area contributed by atoms with Gasteiger partial charge in [-0.1, -0.05) is 18.6 Å². The smallest absolute Gasteiger partial charge is 0.238 e. The van der Waals surface area contributed by atoms with Crippen LogP contribution in [0.3, 0.4) is 0 Å². The standard InChI is InChI=1S/C15H19FN2O/c16-12-3-1-2-4-13(12)18-15(19)9-17-14-8-10-5-6-11(14)7-10/h1-4,10-11,14,17H,5-9H2,(H,18,19). The van der Waals surface area contributed by atoms with Crippen molar-refractivity contribution >= 4 is 11.6 Å². The highest BCUT2D eigenvalue weighted by molar-refractivity contribution is 5.92. The first kappa shape index (κ1) is 12.6. The van der Waals surface area contributed by atoms with Crippen LogP contribution >= 0.6 is 0 Å². The lowest BCUT2D eigenvalue weighted by Crippen LogP contribution is -2.39. The molecule has 2 saturated carbocycles. The molecule has 0 heterocycles. The van der Waals surface area contributed by atoms with E-state index < -0.39 is 5.82 Å². The van der Waals surface area contributed by atoms with Crippen molar-refractivity contribution in [1.82, 2.24) is 5.32 Å². The third kappa shape index (κ3) is 2.78. The number of hydrogen-bond acceptors (Lipinski definition) is 2. The van der Waals surface area contributed by atoms with E-state index in [1.807, 2.05) is 0 Å². The maximum atomic E-state index is 13.4. The molecule has 19 heavy (non-hydrogen) atoms. The molecular weight excluding hydrogens is 243 g/mol. The lowest BCUT2D eigenvalue weighted by molar-refractivity contribution is -0.115. The van der Waals surface area contributed by atoms with Crippen molar-refractivity contribution in [3.05, 3.63) is 30.1 Å². The Morgan fingerprint density at radius 3 is 2.79 bits per heavy atom. The number of halogens is 1. The number of rotatable bonds is 4. The van der Waals surface area contributed by atoms with E-state index in [4.69, 9.17) is 0 Å². The van der Waals surface area contributed by atoms with Crippen LogP contribution in [0.4, 0.5) is 10.1 Å². The van der Waals surface area contributed by atoms with Gasteiger partial charge in [0, 0.05) is 6.04 Å². The minimum absolute atomic E-state index is 0.173. The molecule has 1 aromatic carbocycles. The SMILES string of the molecule is O=C(CNC1CC2CCC1C2)Nc1ccccc1F. The maximum Gasteiger partial charge on any atom is 0.238 e. The van der Waals surface area contributed by atoms with Crippen LogP contribution in [-0.4, -0.2) is 18.5 Å². The molecule has 2 aliphatic rings. The molecule has 0 aliphatic heterocycles. The first-order valence-corrected chi connectivity index (χ1v) is 7.00. The van der Waals surface area contributed by atoms with E-state index in [9.17, 15) is 9.18 Å². The number of amides is 1. The van der Waals surface area contributed by atoms with Gasteiger partial charge in [-0.05, 0) is 43.2 Å². The average Bonchev–Trinajstić information content (AvgIpc) is 3.01. The Balaban J connectivity index is 1.48. The van der Waals surface area contributed by atoms with E-state index in [0.717, 1.165) is 11.8 Å². The molecule has 3 unspecified atom stereocenters. The van der Waals surface area contributed by atoms with Gasteiger partial charge >= 0.3 is 0 Å². The number of nitrogens with one attached hydrogen (secondary N) is 2. The average molecular weight is 262 g/mol. The Hall–Kier alpha value is -1.42. The van der Waals surface area contributed by atoms with E-state index in [2.05, 4.69) is 10.6 Å². The van der Waals surface area contributed by atoms with Crippen LogP contribution in [0.25, 0.3) is 0 Å². The maximum absolute atomic E-state index is 13.4. The number of fused-ring (bicyclic) bond motifs is 2. The van der Waals surface area contributed by atoms with Crippen LogP contribution in [0, 0.1) is 17.7 Å². The van der Waals surface area contributed by atoms with Crippen molar-refractivity contribution in [1.29, 1.82) is 0 Å². The summed E-state index contributed by atoms with van der Waals surface area (Å²) in [6.45, 7) is 0.266. The number of hydrogen-bond donors (Lipinski definition) is 2. The summed E-state index contributed by atoms with van der Waals surface area (Å²) in [6, 6.07) is 6.72. The highest BCUT2D eigenvalue weighted by Crippen LogP contribution is 2.44. The van der Waals surface area contributed by atoms with Crippen molar-refractivity contribution in [3.8, 4) is 0 Å². The largest absolute Gasteiger partial charge is 0.322 e. The van der Waals surface area contributed by atoms with Gasteiger partial charge < -0.3 is 10.6 Å². The van der Waals surface area contributed by atoms with Crippen molar-refractivity contribution in [2.75, 3.05) is 11.9 Å². The highest BCUT2D eigenvalue weighted by atomic mass is 19.1. The van der Waals surface area contributed by atoms with Crippen molar-refractivity contribution in [2.45, 2.75) is 31.7 Å². The number of anilines is 1. The fourth-order valence-electron chi connectivity index (χ4n) is 3.48. The third-order valence-electron chi connectivity index (χ3n) is 4.41. The second-order valence-corrected chi connectivity index (χ2v) is 5.69. The molecule has 0 aromatic heterocycles. The first-order chi connectivity index (χ1) is 9.22. The molecule has 1 amide bonds. The zero-order valence-electron chi connectivity index (χ0n) is 10.9. The molecule has 2 bridgehead atoms. The lowest BCUT2D eigenvalue weighted by atomic mass is 9.95. The summed E-state index contributed by atoms with van der Waals surface area (Å²) < 4.78 is 13.4. The predicted octanol–water partition coefficient (Wildman–Crippen LogP) is 2.54. The molecule has 3 rings (SSSR count). The number of para-hydroxylation sites is 1. The van der Waals surface area contributed by atoms with Gasteiger partial charge in [-0.25, -0.2) is 4.39 Å². The van der Waals surface area contributed by atoms with Crippen LogP contribution in [0.1, 0.15) is 25.7 Å². The highest BCUT2D eigenvalue weighted by Gasteiger charge is 2.39. The normalized spacial score (nSPS) is 28.6. The topological polar surface area (TPSA) is 41.1 Å². The summed E-state index contributed by atoms with van der Waals surface area (Å²) in [4.78, 5) is 11.8. The van der Waals surface area contributed by atoms with E-state index in [1.165, 1.54) is 31.7 Å². The van der Waals surface area contributed by atoms with Gasteiger partial charge in [0.05, 0.1) is 12.2 Å². The number of carbonyl (C=O) groups excluding carboxylic acids is 1.